The van der Waals surface area contributed by atoms with Crippen molar-refractivity contribution in [2.75, 3.05) is 43.9 Å². The van der Waals surface area contributed by atoms with Crippen LogP contribution >= 0.6 is 11.3 Å². The molecule has 3 aromatic rings. The first-order valence-corrected chi connectivity index (χ1v) is 15.8. The van der Waals surface area contributed by atoms with E-state index in [1.54, 1.807) is 25.4 Å². The Labute approximate surface area is 263 Å². The molecule has 0 radical (unpaired) electrons. The van der Waals surface area contributed by atoms with Gasteiger partial charge in [-0.1, -0.05) is 6.07 Å². The van der Waals surface area contributed by atoms with E-state index in [0.29, 0.717) is 39.1 Å². The van der Waals surface area contributed by atoms with Crippen LogP contribution in [-0.4, -0.2) is 99.9 Å². The van der Waals surface area contributed by atoms with Gasteiger partial charge < -0.3 is 30.9 Å². The summed E-state index contributed by atoms with van der Waals surface area (Å²) in [4.78, 5) is 45.9. The molecule has 0 atom stereocenters. The summed E-state index contributed by atoms with van der Waals surface area (Å²) in [6, 6.07) is 7.09. The number of methoxy groups -OCH3 is 1. The Balaban J connectivity index is 1.35. The third-order valence-corrected chi connectivity index (χ3v) is 8.31. The topological polar surface area (TPSA) is 150 Å². The van der Waals surface area contributed by atoms with Gasteiger partial charge in [-0.3, -0.25) is 14.4 Å². The van der Waals surface area contributed by atoms with Crippen molar-refractivity contribution >= 4 is 69.8 Å². The maximum atomic E-state index is 13.2. The minimum atomic E-state index is -0.505. The molecule has 3 amide bonds. The SMILES string of the molecule is BC(B)(B)NC(=O)c1nnc(NC(=O)C2CC2)cc1Nc1cccc(-c2ncc(C(=O)NCCCN3CCCC3)s2)c1OC. The normalized spacial score (nSPS) is 15.0. The number of para-hydroxylation sites is 1. The van der Waals surface area contributed by atoms with Gasteiger partial charge in [0.05, 0.1) is 30.2 Å². The fraction of sp³-hybridized carbons (Fsp3) is 0.429. The van der Waals surface area contributed by atoms with Crippen molar-refractivity contribution in [3.05, 3.63) is 41.0 Å². The lowest BCUT2D eigenvalue weighted by Crippen LogP contribution is -2.50. The van der Waals surface area contributed by atoms with Crippen molar-refractivity contribution < 1.29 is 19.1 Å². The van der Waals surface area contributed by atoms with Crippen LogP contribution in [0.15, 0.2) is 30.5 Å². The number of thiazole rings is 1. The van der Waals surface area contributed by atoms with Gasteiger partial charge >= 0.3 is 0 Å². The number of carbonyl (C=O) groups is 3. The van der Waals surface area contributed by atoms with Crippen LogP contribution in [0.3, 0.4) is 0 Å². The molecule has 2 aromatic heterocycles. The molecular formula is C28H37B3N8O4S. The number of amides is 3. The molecule has 4 N–H and O–H groups in total. The zero-order valence-electron chi connectivity index (χ0n) is 25.7. The van der Waals surface area contributed by atoms with Gasteiger partial charge in [0.1, 0.15) is 33.4 Å². The Bertz CT molecular complexity index is 1520. The summed E-state index contributed by atoms with van der Waals surface area (Å²) in [5, 5.41) is 20.3. The highest BCUT2D eigenvalue weighted by atomic mass is 32.1. The van der Waals surface area contributed by atoms with E-state index in [1.165, 1.54) is 24.2 Å². The van der Waals surface area contributed by atoms with Gasteiger partial charge in [0.2, 0.25) is 5.91 Å². The Morgan fingerprint density at radius 3 is 2.57 bits per heavy atom. The van der Waals surface area contributed by atoms with Crippen LogP contribution in [0.1, 0.15) is 52.3 Å². The minimum absolute atomic E-state index is 0.0194. The largest absolute Gasteiger partial charge is 0.494 e. The van der Waals surface area contributed by atoms with Crippen molar-refractivity contribution in [1.82, 2.24) is 30.7 Å². The molecule has 2 fully saturated rings. The number of nitrogens with zero attached hydrogens (tertiary/aromatic N) is 4. The summed E-state index contributed by atoms with van der Waals surface area (Å²) in [5.41, 5.74) is 1.64. The molecule has 0 bridgehead atoms. The second-order valence-corrected chi connectivity index (χ2v) is 13.2. The highest BCUT2D eigenvalue weighted by Crippen LogP contribution is 2.40. The summed E-state index contributed by atoms with van der Waals surface area (Å²) >= 11 is 1.28. The van der Waals surface area contributed by atoms with Gasteiger partial charge in [0.25, 0.3) is 11.8 Å². The predicted molar refractivity (Wildman–Crippen MR) is 179 cm³/mol. The molecule has 5 rings (SSSR count). The summed E-state index contributed by atoms with van der Waals surface area (Å²) in [6.07, 6.45) is 6.68. The van der Waals surface area contributed by atoms with E-state index in [2.05, 4.69) is 41.3 Å². The molecule has 1 aliphatic carbocycles. The highest BCUT2D eigenvalue weighted by Gasteiger charge is 2.30. The molecule has 44 heavy (non-hydrogen) atoms. The second-order valence-electron chi connectivity index (χ2n) is 12.2. The number of nitrogens with one attached hydrogen (secondary N) is 4. The Hall–Kier alpha value is -3.91. The van der Waals surface area contributed by atoms with Crippen LogP contribution in [0.4, 0.5) is 17.2 Å². The van der Waals surface area contributed by atoms with Gasteiger partial charge in [-0.2, -0.15) is 0 Å². The molecule has 2 aliphatic rings. The van der Waals surface area contributed by atoms with Crippen LogP contribution in [0.25, 0.3) is 10.6 Å². The molecule has 3 heterocycles. The molecule has 1 saturated carbocycles. The number of hydrogen-bond acceptors (Lipinski definition) is 10. The molecule has 1 aromatic carbocycles. The third-order valence-electron chi connectivity index (χ3n) is 7.28. The lowest BCUT2D eigenvalue weighted by Gasteiger charge is -2.22. The van der Waals surface area contributed by atoms with Crippen molar-refractivity contribution in [2.45, 2.75) is 37.3 Å². The van der Waals surface area contributed by atoms with Crippen molar-refractivity contribution in [2.24, 2.45) is 5.92 Å². The summed E-state index contributed by atoms with van der Waals surface area (Å²) in [5.74, 6) is 0.00559. The summed E-state index contributed by atoms with van der Waals surface area (Å²) in [7, 11) is 7.17. The fourth-order valence-corrected chi connectivity index (χ4v) is 5.81. The maximum Gasteiger partial charge on any atom is 0.272 e. The van der Waals surface area contributed by atoms with E-state index in [0.717, 1.165) is 38.9 Å². The fourth-order valence-electron chi connectivity index (χ4n) is 4.96. The molecule has 0 unspecified atom stereocenters. The standard InChI is InChI=1S/C28H37B3N8O4S/c1-43-23-17(27-33-15-20(44-27)25(41)32-10-5-13-39-11-2-3-12-39)6-4-7-18(23)34-19-14-21(35-24(40)16-8-9-16)37-38-22(19)26(42)36-28(29,30)31/h4,6-7,14-16H,2-3,5,8-13,29-31H2,1H3,(H,32,41)(H,36,42)(H2,34,35,37,40). The number of aromatic nitrogens is 3. The van der Waals surface area contributed by atoms with Crippen molar-refractivity contribution in [3.8, 4) is 16.3 Å². The zero-order valence-corrected chi connectivity index (χ0v) is 26.5. The van der Waals surface area contributed by atoms with Gasteiger partial charge in [-0.05, 0) is 69.1 Å². The Morgan fingerprint density at radius 1 is 1.09 bits per heavy atom. The van der Waals surface area contributed by atoms with Crippen LogP contribution in [-0.2, 0) is 4.79 Å². The number of rotatable bonds is 13. The molecule has 16 heteroatoms. The third kappa shape index (κ3) is 8.17. The number of likely N-dealkylation sites (tertiary alicyclic amines) is 1. The van der Waals surface area contributed by atoms with E-state index in [1.807, 2.05) is 35.7 Å². The average molecular weight is 614 g/mol. The van der Waals surface area contributed by atoms with Crippen molar-refractivity contribution in [3.63, 3.8) is 0 Å². The maximum absolute atomic E-state index is 13.2. The van der Waals surface area contributed by atoms with Crippen LogP contribution in [0, 0.1) is 5.92 Å². The first kappa shape index (κ1) is 31.5. The molecule has 1 saturated heterocycles. The van der Waals surface area contributed by atoms with E-state index in [-0.39, 0.29) is 29.2 Å². The Morgan fingerprint density at radius 2 is 1.86 bits per heavy atom. The van der Waals surface area contributed by atoms with E-state index < -0.39 is 11.1 Å². The number of anilines is 3. The lowest BCUT2D eigenvalue weighted by molar-refractivity contribution is -0.117. The van der Waals surface area contributed by atoms with E-state index >= 15 is 0 Å². The quantitative estimate of drug-likeness (QED) is 0.156. The van der Waals surface area contributed by atoms with Gasteiger partial charge in [-0.25, -0.2) is 4.98 Å². The predicted octanol–water partition coefficient (Wildman–Crippen LogP) is 0.157. The van der Waals surface area contributed by atoms with E-state index in [4.69, 9.17) is 4.74 Å². The number of carbonyl (C=O) groups excluding carboxylic acids is 3. The minimum Gasteiger partial charge on any atom is -0.494 e. The molecular weight excluding hydrogens is 577 g/mol. The zero-order chi connectivity index (χ0) is 31.3. The van der Waals surface area contributed by atoms with Crippen molar-refractivity contribution in [1.29, 1.82) is 0 Å². The molecule has 0 spiro atoms. The monoisotopic (exact) mass is 614 g/mol. The van der Waals surface area contributed by atoms with Crippen LogP contribution in [0.5, 0.6) is 5.75 Å². The highest BCUT2D eigenvalue weighted by molar-refractivity contribution is 7.17. The van der Waals surface area contributed by atoms with Crippen LogP contribution in [0.2, 0.25) is 0 Å². The average Bonchev–Trinajstić information content (AvgIpc) is 3.48. The molecule has 228 valence electrons. The van der Waals surface area contributed by atoms with Crippen LogP contribution < -0.4 is 26.0 Å². The van der Waals surface area contributed by atoms with Gasteiger partial charge in [0.15, 0.2) is 17.3 Å². The Kier molecular flexibility index (Phi) is 9.89. The molecule has 1 aliphatic heterocycles. The number of benzene rings is 1. The summed E-state index contributed by atoms with van der Waals surface area (Å²) in [6.45, 7) is 3.89. The first-order chi connectivity index (χ1) is 21.1. The van der Waals surface area contributed by atoms with Gasteiger partial charge in [-0.15, -0.1) is 21.5 Å². The summed E-state index contributed by atoms with van der Waals surface area (Å²) < 4.78 is 5.81. The lowest BCUT2D eigenvalue weighted by atomic mass is 9.49. The molecule has 12 nitrogen and oxygen atoms in total. The number of ether oxygens (including phenoxy) is 1. The number of hydrogen-bond donors (Lipinski definition) is 4. The first-order valence-electron chi connectivity index (χ1n) is 15.0. The smallest absolute Gasteiger partial charge is 0.272 e. The second kappa shape index (κ2) is 13.8. The van der Waals surface area contributed by atoms with Gasteiger partial charge in [0, 0.05) is 18.5 Å². The van der Waals surface area contributed by atoms with E-state index in [9.17, 15) is 14.4 Å².